The van der Waals surface area contributed by atoms with Gasteiger partial charge in [0.15, 0.2) is 29.4 Å². The first kappa shape index (κ1) is 22.5. The quantitative estimate of drug-likeness (QED) is 0.249. The molecule has 0 fully saturated rings. The van der Waals surface area contributed by atoms with Gasteiger partial charge < -0.3 is 0 Å². The lowest BCUT2D eigenvalue weighted by Gasteiger charge is -2.23. The first-order valence-electron chi connectivity index (χ1n) is 11.7. The van der Waals surface area contributed by atoms with Gasteiger partial charge in [-0.1, -0.05) is 85.9 Å². The molecule has 0 aromatic heterocycles. The van der Waals surface area contributed by atoms with E-state index in [1.165, 1.54) is 39.2 Å². The van der Waals surface area contributed by atoms with E-state index >= 15 is 0 Å². The van der Waals surface area contributed by atoms with Gasteiger partial charge in [-0.05, 0) is 48.5 Å². The molecule has 34 heavy (non-hydrogen) atoms. The fourth-order valence-corrected chi connectivity index (χ4v) is 13.3. The zero-order valence-electron chi connectivity index (χ0n) is 19.3. The number of allylic oxidation sites excluding steroid dienone is 2. The van der Waals surface area contributed by atoms with Crippen LogP contribution in [0, 0.1) is 0 Å². The lowest BCUT2D eigenvalue weighted by atomic mass is 10.3. The molecule has 0 saturated heterocycles. The average molecular weight is 515 g/mol. The van der Waals surface area contributed by atoms with Crippen molar-refractivity contribution in [2.45, 2.75) is 65.9 Å². The highest BCUT2D eigenvalue weighted by molar-refractivity contribution is 8.08. The molecule has 0 saturated carbocycles. The van der Waals surface area contributed by atoms with Crippen LogP contribution in [-0.2, 0) is 21.8 Å². The molecule has 0 aliphatic carbocycles. The standard InChI is InChI=1S/C30H26S4/c1-3-25(33-27-17-9-5-13-21(27)31-22-14-6-10-18-28(22)33)26(4-2)34-29-19-11-7-15-23(29)32-24-16-8-12-20-30(24)34/h5-20H,3-4H2,1-2H3/q+2/b26-25+. The molecule has 0 atom stereocenters. The van der Waals surface area contributed by atoms with E-state index in [2.05, 4.69) is 111 Å². The van der Waals surface area contributed by atoms with Gasteiger partial charge in [-0.2, -0.15) is 0 Å². The Labute approximate surface area is 217 Å². The molecule has 168 valence electrons. The smallest absolute Gasteiger partial charge is 0.0795 e. The zero-order chi connectivity index (χ0) is 23.1. The average Bonchev–Trinajstić information content (AvgIpc) is 2.89. The molecule has 2 aliphatic heterocycles. The third kappa shape index (κ3) is 3.76. The number of hydrogen-bond acceptors (Lipinski definition) is 2. The molecule has 6 rings (SSSR count). The molecule has 4 heteroatoms. The van der Waals surface area contributed by atoms with Crippen LogP contribution in [0.25, 0.3) is 0 Å². The molecule has 0 amide bonds. The van der Waals surface area contributed by atoms with E-state index in [9.17, 15) is 0 Å². The van der Waals surface area contributed by atoms with Gasteiger partial charge >= 0.3 is 0 Å². The lowest BCUT2D eigenvalue weighted by molar-refractivity contribution is 1.07. The summed E-state index contributed by atoms with van der Waals surface area (Å²) in [5, 5.41) is 0. The largest absolute Gasteiger partial charge is 0.194 e. The summed E-state index contributed by atoms with van der Waals surface area (Å²) in [5.41, 5.74) is 0. The lowest BCUT2D eigenvalue weighted by Crippen LogP contribution is -2.19. The molecular weight excluding hydrogens is 489 g/mol. The van der Waals surface area contributed by atoms with Gasteiger partial charge in [0, 0.05) is 12.8 Å². The number of benzene rings is 4. The van der Waals surface area contributed by atoms with Crippen LogP contribution in [0.2, 0.25) is 0 Å². The van der Waals surface area contributed by atoms with Crippen LogP contribution in [0.4, 0.5) is 0 Å². The summed E-state index contributed by atoms with van der Waals surface area (Å²) in [7, 11) is -0.117. The Balaban J connectivity index is 1.62. The van der Waals surface area contributed by atoms with Crippen molar-refractivity contribution in [3.05, 3.63) is 107 Å². The molecule has 0 spiro atoms. The van der Waals surface area contributed by atoms with Crippen LogP contribution < -0.4 is 0 Å². The molecule has 0 radical (unpaired) electrons. The predicted octanol–water partition coefficient (Wildman–Crippen LogP) is 9.42. The minimum absolute atomic E-state index is 0.0586. The number of rotatable bonds is 4. The van der Waals surface area contributed by atoms with Gasteiger partial charge in [-0.15, -0.1) is 0 Å². The third-order valence-electron chi connectivity index (χ3n) is 6.16. The van der Waals surface area contributed by atoms with E-state index in [-0.39, 0.29) is 21.8 Å². The Morgan fingerprint density at radius 3 is 1.00 bits per heavy atom. The normalized spacial score (nSPS) is 15.6. The Kier molecular flexibility index (Phi) is 6.33. The van der Waals surface area contributed by atoms with Crippen LogP contribution in [0.5, 0.6) is 0 Å². The molecule has 2 heterocycles. The Bertz CT molecular complexity index is 1210. The van der Waals surface area contributed by atoms with Gasteiger partial charge in [-0.25, -0.2) is 0 Å². The minimum atomic E-state index is -0.0586. The van der Waals surface area contributed by atoms with Crippen molar-refractivity contribution in [1.82, 2.24) is 0 Å². The van der Waals surface area contributed by atoms with Crippen LogP contribution in [0.15, 0.2) is 146 Å². The Hall–Kier alpha value is -1.98. The maximum atomic E-state index is 2.37. The first-order chi connectivity index (χ1) is 16.8. The summed E-state index contributed by atoms with van der Waals surface area (Å²) in [5.74, 6) is 0. The third-order valence-corrected chi connectivity index (χ3v) is 14.4. The minimum Gasteiger partial charge on any atom is -0.0795 e. The zero-order valence-corrected chi connectivity index (χ0v) is 22.6. The molecule has 0 unspecified atom stereocenters. The summed E-state index contributed by atoms with van der Waals surface area (Å²) in [6.07, 6.45) is 2.14. The fourth-order valence-electron chi connectivity index (χ4n) is 4.73. The van der Waals surface area contributed by atoms with Gasteiger partial charge in [0.05, 0.1) is 19.6 Å². The fraction of sp³-hybridized carbons (Fsp3) is 0.133. The van der Waals surface area contributed by atoms with E-state index in [0.717, 1.165) is 12.8 Å². The SMILES string of the molecule is CC/C(=C(/CC)[S+]1c2ccccc2Sc2ccccc21)[S+]1c2ccccc2Sc2ccccc21. The molecule has 4 aromatic carbocycles. The summed E-state index contributed by atoms with van der Waals surface area (Å²) in [6, 6.07) is 36.3. The number of fused-ring (bicyclic) bond motifs is 4. The van der Waals surface area contributed by atoms with E-state index in [1.54, 1.807) is 9.81 Å². The number of hydrogen-bond donors (Lipinski definition) is 0. The van der Waals surface area contributed by atoms with Crippen LogP contribution in [0.3, 0.4) is 0 Å². The Morgan fingerprint density at radius 1 is 0.471 bits per heavy atom. The van der Waals surface area contributed by atoms with Crippen LogP contribution in [-0.4, -0.2) is 0 Å². The highest BCUT2D eigenvalue weighted by Gasteiger charge is 2.47. The van der Waals surface area contributed by atoms with Crippen molar-refractivity contribution in [2.75, 3.05) is 0 Å². The maximum Gasteiger partial charge on any atom is 0.194 e. The molecule has 0 bridgehead atoms. The second kappa shape index (κ2) is 9.58. The second-order valence-corrected chi connectivity index (χ2v) is 14.3. The van der Waals surface area contributed by atoms with Crippen LogP contribution >= 0.6 is 23.5 Å². The van der Waals surface area contributed by atoms with E-state index in [4.69, 9.17) is 0 Å². The molecular formula is C30H26S4+2. The van der Waals surface area contributed by atoms with Crippen molar-refractivity contribution in [3.63, 3.8) is 0 Å². The van der Waals surface area contributed by atoms with Crippen LogP contribution in [0.1, 0.15) is 26.7 Å². The van der Waals surface area contributed by atoms with Crippen molar-refractivity contribution in [2.24, 2.45) is 0 Å². The van der Waals surface area contributed by atoms with E-state index < -0.39 is 0 Å². The summed E-state index contributed by atoms with van der Waals surface area (Å²) in [4.78, 5) is 14.9. The van der Waals surface area contributed by atoms with Crippen molar-refractivity contribution < 1.29 is 0 Å². The second-order valence-electron chi connectivity index (χ2n) is 8.16. The molecule has 2 aliphatic rings. The van der Waals surface area contributed by atoms with Gasteiger partial charge in [0.25, 0.3) is 0 Å². The molecule has 0 N–H and O–H groups in total. The molecule has 4 aromatic rings. The summed E-state index contributed by atoms with van der Waals surface area (Å²) >= 11 is 3.86. The predicted molar refractivity (Wildman–Crippen MR) is 149 cm³/mol. The van der Waals surface area contributed by atoms with Crippen molar-refractivity contribution in [3.8, 4) is 0 Å². The maximum absolute atomic E-state index is 2.37. The highest BCUT2D eigenvalue weighted by Crippen LogP contribution is 2.53. The highest BCUT2D eigenvalue weighted by atomic mass is 32.2. The van der Waals surface area contributed by atoms with E-state index in [0.29, 0.717) is 0 Å². The van der Waals surface area contributed by atoms with E-state index in [1.807, 2.05) is 23.5 Å². The van der Waals surface area contributed by atoms with Gasteiger partial charge in [-0.3, -0.25) is 0 Å². The Morgan fingerprint density at radius 2 is 0.735 bits per heavy atom. The topological polar surface area (TPSA) is 0 Å². The van der Waals surface area contributed by atoms with Crippen molar-refractivity contribution >= 4 is 45.3 Å². The monoisotopic (exact) mass is 514 g/mol. The molecule has 0 nitrogen and oxygen atoms in total. The van der Waals surface area contributed by atoms with Crippen molar-refractivity contribution in [1.29, 1.82) is 0 Å². The first-order valence-corrected chi connectivity index (χ1v) is 15.8. The summed E-state index contributed by atoms with van der Waals surface area (Å²) in [6.45, 7) is 4.73. The van der Waals surface area contributed by atoms with Gasteiger partial charge in [0.1, 0.15) is 21.8 Å². The summed E-state index contributed by atoms with van der Waals surface area (Å²) < 4.78 is 0. The van der Waals surface area contributed by atoms with Gasteiger partial charge in [0.2, 0.25) is 0 Å².